The minimum Gasteiger partial charge on any atom is -0.469 e. The highest BCUT2D eigenvalue weighted by molar-refractivity contribution is 5.96. The molecule has 0 aliphatic rings. The molecule has 0 N–H and O–H groups in total. The maximum absolute atomic E-state index is 12.6. The highest BCUT2D eigenvalue weighted by Crippen LogP contribution is 2.30. The van der Waals surface area contributed by atoms with Gasteiger partial charge in [0.25, 0.3) is 0 Å². The fourth-order valence-electron chi connectivity index (χ4n) is 3.53. The highest BCUT2D eigenvalue weighted by Gasteiger charge is 2.25. The zero-order valence-corrected chi connectivity index (χ0v) is 18.6. The lowest BCUT2D eigenvalue weighted by Gasteiger charge is -2.24. The maximum atomic E-state index is 12.6. The summed E-state index contributed by atoms with van der Waals surface area (Å²) >= 11 is 0. The Hall–Kier alpha value is -2.42. The molecule has 0 amide bonds. The van der Waals surface area contributed by atoms with Crippen molar-refractivity contribution in [3.8, 4) is 0 Å². The van der Waals surface area contributed by atoms with Crippen molar-refractivity contribution in [1.29, 1.82) is 0 Å². The highest BCUT2D eigenvalue weighted by atomic mass is 16.5. The van der Waals surface area contributed by atoms with E-state index < -0.39 is 0 Å². The first-order chi connectivity index (χ1) is 13.6. The zero-order chi connectivity index (χ0) is 21.6. The summed E-state index contributed by atoms with van der Waals surface area (Å²) in [7, 11) is 1.42. The number of methoxy groups -OCH3 is 1. The average Bonchev–Trinajstić information content (AvgIpc) is 2.71. The van der Waals surface area contributed by atoms with Crippen LogP contribution >= 0.6 is 0 Å². The van der Waals surface area contributed by atoms with Crippen molar-refractivity contribution in [2.24, 2.45) is 0 Å². The standard InChI is InChI=1S/C26H34O3/c1-18(2)21-8-7-9-22(16-21)24(27)15-10-19(3)20-11-13-23(14-12-20)26(4,5)17-25(28)29-6/h7-9,11-14,16,18-19H,10,15,17H2,1-6H3. The summed E-state index contributed by atoms with van der Waals surface area (Å²) in [5.41, 5.74) is 4.07. The molecule has 0 spiro atoms. The molecule has 3 heteroatoms. The van der Waals surface area contributed by atoms with Gasteiger partial charge in [-0.25, -0.2) is 0 Å². The smallest absolute Gasteiger partial charge is 0.306 e. The summed E-state index contributed by atoms with van der Waals surface area (Å²) < 4.78 is 4.81. The Bertz CT molecular complexity index is 831. The van der Waals surface area contributed by atoms with Crippen LogP contribution in [0.4, 0.5) is 0 Å². The summed E-state index contributed by atoms with van der Waals surface area (Å²) in [6, 6.07) is 16.4. The quantitative estimate of drug-likeness (QED) is 0.364. The minimum atomic E-state index is -0.272. The summed E-state index contributed by atoms with van der Waals surface area (Å²) in [6.07, 6.45) is 1.70. The van der Waals surface area contributed by atoms with E-state index >= 15 is 0 Å². The van der Waals surface area contributed by atoms with Crippen LogP contribution < -0.4 is 0 Å². The Morgan fingerprint density at radius 3 is 2.21 bits per heavy atom. The molecule has 2 aromatic rings. The van der Waals surface area contributed by atoms with Crippen LogP contribution in [0.15, 0.2) is 48.5 Å². The third-order valence-corrected chi connectivity index (χ3v) is 5.75. The summed E-state index contributed by atoms with van der Waals surface area (Å²) in [6.45, 7) is 10.5. The van der Waals surface area contributed by atoms with Gasteiger partial charge in [0.05, 0.1) is 13.5 Å². The lowest BCUT2D eigenvalue weighted by molar-refractivity contribution is -0.141. The van der Waals surface area contributed by atoms with Gasteiger partial charge in [-0.1, -0.05) is 77.1 Å². The van der Waals surface area contributed by atoms with Crippen LogP contribution in [0, 0.1) is 0 Å². The molecule has 3 nitrogen and oxygen atoms in total. The molecular formula is C26H34O3. The number of rotatable bonds is 9. The van der Waals surface area contributed by atoms with E-state index in [1.807, 2.05) is 32.0 Å². The van der Waals surface area contributed by atoms with Gasteiger partial charge in [0, 0.05) is 17.4 Å². The molecule has 0 fully saturated rings. The number of hydrogen-bond donors (Lipinski definition) is 0. The molecule has 156 valence electrons. The van der Waals surface area contributed by atoms with Crippen molar-refractivity contribution in [1.82, 2.24) is 0 Å². The van der Waals surface area contributed by atoms with Gasteiger partial charge in [-0.3, -0.25) is 9.59 Å². The van der Waals surface area contributed by atoms with Crippen molar-refractivity contribution in [2.75, 3.05) is 7.11 Å². The first-order valence-corrected chi connectivity index (χ1v) is 10.4. The van der Waals surface area contributed by atoms with Crippen molar-refractivity contribution in [3.63, 3.8) is 0 Å². The molecule has 0 aliphatic heterocycles. The first kappa shape index (κ1) is 22.9. The van der Waals surface area contributed by atoms with Gasteiger partial charge >= 0.3 is 5.97 Å². The molecule has 0 aromatic heterocycles. The lowest BCUT2D eigenvalue weighted by atomic mass is 9.80. The number of benzene rings is 2. The number of ether oxygens (including phenoxy) is 1. The molecule has 29 heavy (non-hydrogen) atoms. The molecule has 0 saturated heterocycles. The Kier molecular flexibility index (Phi) is 7.78. The molecule has 0 saturated carbocycles. The third kappa shape index (κ3) is 6.28. The lowest BCUT2D eigenvalue weighted by Crippen LogP contribution is -2.22. The Balaban J connectivity index is 1.99. The van der Waals surface area contributed by atoms with E-state index in [2.05, 4.69) is 51.1 Å². The van der Waals surface area contributed by atoms with Crippen molar-refractivity contribution < 1.29 is 14.3 Å². The van der Waals surface area contributed by atoms with Gasteiger partial charge in [0.15, 0.2) is 5.78 Å². The molecular weight excluding hydrogens is 360 g/mol. The van der Waals surface area contributed by atoms with Crippen LogP contribution in [-0.4, -0.2) is 18.9 Å². The summed E-state index contributed by atoms with van der Waals surface area (Å²) in [5.74, 6) is 0.719. The van der Waals surface area contributed by atoms with E-state index in [0.717, 1.165) is 17.5 Å². The fourth-order valence-corrected chi connectivity index (χ4v) is 3.53. The molecule has 0 radical (unpaired) electrons. The number of esters is 1. The van der Waals surface area contributed by atoms with Crippen LogP contribution in [0.2, 0.25) is 0 Å². The number of carbonyl (C=O) groups is 2. The van der Waals surface area contributed by atoms with E-state index in [4.69, 9.17) is 4.74 Å². The van der Waals surface area contributed by atoms with E-state index in [-0.39, 0.29) is 17.2 Å². The number of carbonyl (C=O) groups excluding carboxylic acids is 2. The van der Waals surface area contributed by atoms with Crippen molar-refractivity contribution in [3.05, 3.63) is 70.8 Å². The summed E-state index contributed by atoms with van der Waals surface area (Å²) in [5, 5.41) is 0. The monoisotopic (exact) mass is 394 g/mol. The largest absolute Gasteiger partial charge is 0.469 e. The summed E-state index contributed by atoms with van der Waals surface area (Å²) in [4.78, 5) is 24.3. The van der Waals surface area contributed by atoms with E-state index in [1.165, 1.54) is 18.2 Å². The van der Waals surface area contributed by atoms with Crippen LogP contribution in [0.25, 0.3) is 0 Å². The van der Waals surface area contributed by atoms with Gasteiger partial charge < -0.3 is 4.74 Å². The van der Waals surface area contributed by atoms with Crippen molar-refractivity contribution >= 4 is 11.8 Å². The van der Waals surface area contributed by atoms with Gasteiger partial charge in [-0.2, -0.15) is 0 Å². The van der Waals surface area contributed by atoms with Gasteiger partial charge in [-0.15, -0.1) is 0 Å². The van der Waals surface area contributed by atoms with Crippen LogP contribution in [0.5, 0.6) is 0 Å². The Morgan fingerprint density at radius 1 is 0.966 bits per heavy atom. The molecule has 0 bridgehead atoms. The molecule has 1 unspecified atom stereocenters. The number of Topliss-reactive ketones (excluding diaryl/α,β-unsaturated/α-hetero) is 1. The topological polar surface area (TPSA) is 43.4 Å². The second-order valence-electron chi connectivity index (χ2n) is 8.90. The van der Waals surface area contributed by atoms with Crippen molar-refractivity contribution in [2.45, 2.75) is 71.1 Å². The number of hydrogen-bond acceptors (Lipinski definition) is 3. The van der Waals surface area contributed by atoms with Gasteiger partial charge in [-0.05, 0) is 41.0 Å². The molecule has 0 aliphatic carbocycles. The van der Waals surface area contributed by atoms with E-state index in [9.17, 15) is 9.59 Å². The normalized spacial score (nSPS) is 12.7. The molecule has 0 heterocycles. The van der Waals surface area contributed by atoms with Crippen LogP contribution in [0.3, 0.4) is 0 Å². The third-order valence-electron chi connectivity index (χ3n) is 5.75. The van der Waals surface area contributed by atoms with Gasteiger partial charge in [0.1, 0.15) is 0 Å². The SMILES string of the molecule is COC(=O)CC(C)(C)c1ccc(C(C)CCC(=O)c2cccc(C(C)C)c2)cc1. The van der Waals surface area contributed by atoms with E-state index in [1.54, 1.807) is 0 Å². The fraction of sp³-hybridized carbons (Fsp3) is 0.462. The first-order valence-electron chi connectivity index (χ1n) is 10.4. The zero-order valence-electron chi connectivity index (χ0n) is 18.6. The predicted octanol–water partition coefficient (Wildman–Crippen LogP) is 6.42. The second-order valence-corrected chi connectivity index (χ2v) is 8.90. The second kappa shape index (κ2) is 9.87. The predicted molar refractivity (Wildman–Crippen MR) is 119 cm³/mol. The Labute approximate surface area is 175 Å². The van der Waals surface area contributed by atoms with Gasteiger partial charge in [0.2, 0.25) is 0 Å². The molecule has 2 aromatic carbocycles. The Morgan fingerprint density at radius 2 is 1.62 bits per heavy atom. The molecule has 2 rings (SSSR count). The molecule has 1 atom stereocenters. The minimum absolute atomic E-state index is 0.201. The van der Waals surface area contributed by atoms with E-state index in [0.29, 0.717) is 24.7 Å². The van der Waals surface area contributed by atoms with Crippen LogP contribution in [0.1, 0.15) is 92.8 Å². The maximum Gasteiger partial charge on any atom is 0.306 e. The van der Waals surface area contributed by atoms with Crippen LogP contribution in [-0.2, 0) is 14.9 Å². The number of ketones is 1. The average molecular weight is 395 g/mol.